The van der Waals surface area contributed by atoms with Crippen LogP contribution < -0.4 is 5.32 Å². The van der Waals surface area contributed by atoms with E-state index in [4.69, 9.17) is 0 Å². The van der Waals surface area contributed by atoms with Gasteiger partial charge in [-0.15, -0.1) is 0 Å². The quantitative estimate of drug-likeness (QED) is 0.899. The minimum Gasteiger partial charge on any atom is -0.340 e. The van der Waals surface area contributed by atoms with Gasteiger partial charge in [-0.05, 0) is 30.5 Å². The number of aryl methyl sites for hydroxylation is 1. The molecule has 2 atom stereocenters. The Balaban J connectivity index is 1.85. The van der Waals surface area contributed by atoms with Crippen molar-refractivity contribution in [2.24, 2.45) is 0 Å². The molecule has 3 rings (SSSR count). The molecule has 0 saturated carbocycles. The van der Waals surface area contributed by atoms with Crippen molar-refractivity contribution in [2.45, 2.75) is 36.2 Å². The lowest BCUT2D eigenvalue weighted by atomic mass is 9.87. The van der Waals surface area contributed by atoms with Crippen LogP contribution in [0.1, 0.15) is 30.5 Å². The fourth-order valence-corrected chi connectivity index (χ4v) is 3.94. The third-order valence-electron chi connectivity index (χ3n) is 3.62. The van der Waals surface area contributed by atoms with Gasteiger partial charge in [0.05, 0.1) is 0 Å². The summed E-state index contributed by atoms with van der Waals surface area (Å²) in [5.74, 6) is 0. The summed E-state index contributed by atoms with van der Waals surface area (Å²) in [6.45, 7) is 3.17. The number of nitrogens with one attached hydrogen (secondary N) is 2. The van der Waals surface area contributed by atoms with E-state index in [0.29, 0.717) is 11.3 Å². The molecule has 0 saturated heterocycles. The van der Waals surface area contributed by atoms with Crippen LogP contribution in [-0.4, -0.2) is 21.8 Å². The second-order valence-corrected chi connectivity index (χ2v) is 6.05. The van der Waals surface area contributed by atoms with E-state index in [9.17, 15) is 0 Å². The number of fused-ring (bicyclic) bond motifs is 1. The smallest absolute Gasteiger partial charge is 0.165 e. The summed E-state index contributed by atoms with van der Waals surface area (Å²) < 4.78 is 0. The van der Waals surface area contributed by atoms with Crippen molar-refractivity contribution in [2.75, 3.05) is 6.54 Å². The number of benzene rings is 1. The Labute approximate surface area is 118 Å². The Hall–Kier alpha value is -1.26. The highest BCUT2D eigenvalue weighted by atomic mass is 32.2. The number of hydrogen-bond donors (Lipinski definition) is 2. The number of rotatable bonds is 4. The molecule has 0 spiro atoms. The van der Waals surface area contributed by atoms with E-state index < -0.39 is 0 Å². The van der Waals surface area contributed by atoms with Crippen LogP contribution in [0.4, 0.5) is 0 Å². The van der Waals surface area contributed by atoms with Gasteiger partial charge in [0.2, 0.25) is 0 Å². The number of nitrogens with zero attached hydrogens (tertiary/aromatic N) is 1. The lowest BCUT2D eigenvalue weighted by molar-refractivity contribution is 0.484. The van der Waals surface area contributed by atoms with Gasteiger partial charge in [0.1, 0.15) is 0 Å². The van der Waals surface area contributed by atoms with Crippen molar-refractivity contribution in [1.29, 1.82) is 0 Å². The van der Waals surface area contributed by atoms with Crippen LogP contribution in [-0.2, 0) is 6.42 Å². The van der Waals surface area contributed by atoms with E-state index in [1.165, 1.54) is 17.5 Å². The van der Waals surface area contributed by atoms with Crippen LogP contribution >= 0.6 is 11.8 Å². The molecule has 1 aromatic heterocycles. The Bertz CT molecular complexity index is 524. The fraction of sp³-hybridized carbons (Fsp3) is 0.400. The number of aromatic amines is 1. The maximum atomic E-state index is 4.34. The van der Waals surface area contributed by atoms with Crippen LogP contribution in [0.2, 0.25) is 0 Å². The van der Waals surface area contributed by atoms with Crippen LogP contribution in [0.5, 0.6) is 0 Å². The van der Waals surface area contributed by atoms with Gasteiger partial charge in [-0.3, -0.25) is 0 Å². The number of imidazole rings is 1. The standard InChI is InChI=1S/C15H19N3S/c1-2-16-14-12-6-4-3-5-11(12)7-8-13(14)19-15-17-9-10-18-15/h3-6,9-10,13-14,16H,2,7-8H2,1H3,(H,17,18). The first-order valence-electron chi connectivity index (χ1n) is 6.85. The average molecular weight is 273 g/mol. The first-order chi connectivity index (χ1) is 9.38. The van der Waals surface area contributed by atoms with Crippen LogP contribution in [0.3, 0.4) is 0 Å². The molecule has 0 bridgehead atoms. The molecule has 100 valence electrons. The van der Waals surface area contributed by atoms with E-state index in [-0.39, 0.29) is 0 Å². The summed E-state index contributed by atoms with van der Waals surface area (Å²) >= 11 is 1.85. The molecule has 2 unspecified atom stereocenters. The average Bonchev–Trinajstić information content (AvgIpc) is 2.94. The van der Waals surface area contributed by atoms with Gasteiger partial charge in [0.25, 0.3) is 0 Å². The highest BCUT2D eigenvalue weighted by Crippen LogP contribution is 2.38. The number of thioether (sulfide) groups is 1. The predicted octanol–water partition coefficient (Wildman–Crippen LogP) is 3.17. The lowest BCUT2D eigenvalue weighted by Gasteiger charge is -2.33. The predicted molar refractivity (Wildman–Crippen MR) is 79.4 cm³/mol. The molecule has 0 amide bonds. The van der Waals surface area contributed by atoms with E-state index in [1.54, 1.807) is 0 Å². The van der Waals surface area contributed by atoms with Gasteiger partial charge < -0.3 is 10.3 Å². The van der Waals surface area contributed by atoms with Crippen LogP contribution in [0, 0.1) is 0 Å². The molecular weight excluding hydrogens is 254 g/mol. The van der Waals surface area contributed by atoms with E-state index in [1.807, 2.05) is 24.2 Å². The molecule has 1 aromatic carbocycles. The fourth-order valence-electron chi connectivity index (χ4n) is 2.78. The zero-order valence-electron chi connectivity index (χ0n) is 11.1. The first kappa shape index (κ1) is 12.8. The third-order valence-corrected chi connectivity index (χ3v) is 4.88. The van der Waals surface area contributed by atoms with Crippen LogP contribution in [0.25, 0.3) is 0 Å². The second kappa shape index (κ2) is 5.80. The van der Waals surface area contributed by atoms with Gasteiger partial charge >= 0.3 is 0 Å². The molecule has 1 heterocycles. The van der Waals surface area contributed by atoms with Crippen molar-refractivity contribution in [3.63, 3.8) is 0 Å². The minimum absolute atomic E-state index is 0.421. The molecule has 4 heteroatoms. The van der Waals surface area contributed by atoms with Gasteiger partial charge in [-0.1, -0.05) is 43.0 Å². The van der Waals surface area contributed by atoms with E-state index >= 15 is 0 Å². The molecule has 1 aliphatic carbocycles. The number of H-pyrrole nitrogens is 1. The molecule has 3 nitrogen and oxygen atoms in total. The highest BCUT2D eigenvalue weighted by molar-refractivity contribution is 7.99. The maximum Gasteiger partial charge on any atom is 0.165 e. The summed E-state index contributed by atoms with van der Waals surface area (Å²) in [5, 5.41) is 5.20. The van der Waals surface area contributed by atoms with Crippen molar-refractivity contribution in [3.8, 4) is 0 Å². The Kier molecular flexibility index (Phi) is 3.89. The zero-order valence-corrected chi connectivity index (χ0v) is 11.9. The molecule has 2 N–H and O–H groups in total. The molecule has 19 heavy (non-hydrogen) atoms. The summed E-state index contributed by atoms with van der Waals surface area (Å²) in [7, 11) is 0. The molecular formula is C15H19N3S. The molecule has 0 aliphatic heterocycles. The van der Waals surface area contributed by atoms with Crippen molar-refractivity contribution >= 4 is 11.8 Å². The Morgan fingerprint density at radius 1 is 1.42 bits per heavy atom. The molecule has 0 radical (unpaired) electrons. The van der Waals surface area contributed by atoms with Crippen molar-refractivity contribution < 1.29 is 0 Å². The monoisotopic (exact) mass is 273 g/mol. The Morgan fingerprint density at radius 3 is 3.11 bits per heavy atom. The van der Waals surface area contributed by atoms with Crippen molar-refractivity contribution in [1.82, 2.24) is 15.3 Å². The van der Waals surface area contributed by atoms with E-state index in [2.05, 4.69) is 46.5 Å². The normalized spacial score (nSPS) is 22.2. The summed E-state index contributed by atoms with van der Waals surface area (Å²) in [5.41, 5.74) is 2.95. The lowest BCUT2D eigenvalue weighted by Crippen LogP contribution is -2.34. The summed E-state index contributed by atoms with van der Waals surface area (Å²) in [6.07, 6.45) is 6.07. The number of aromatic nitrogens is 2. The third kappa shape index (κ3) is 2.69. The molecule has 2 aromatic rings. The Morgan fingerprint density at radius 2 is 2.32 bits per heavy atom. The van der Waals surface area contributed by atoms with Gasteiger partial charge in [0.15, 0.2) is 5.16 Å². The maximum absolute atomic E-state index is 4.34. The van der Waals surface area contributed by atoms with Crippen LogP contribution in [0.15, 0.2) is 41.8 Å². The number of hydrogen-bond acceptors (Lipinski definition) is 3. The summed E-state index contributed by atoms with van der Waals surface area (Å²) in [4.78, 5) is 7.54. The highest BCUT2D eigenvalue weighted by Gasteiger charge is 2.29. The minimum atomic E-state index is 0.421. The van der Waals surface area contributed by atoms with Gasteiger partial charge in [0, 0.05) is 23.7 Å². The van der Waals surface area contributed by atoms with Crippen molar-refractivity contribution in [3.05, 3.63) is 47.8 Å². The second-order valence-electron chi connectivity index (χ2n) is 4.82. The van der Waals surface area contributed by atoms with E-state index in [0.717, 1.165) is 18.1 Å². The molecule has 0 fully saturated rings. The SMILES string of the molecule is CCNC1c2ccccc2CCC1Sc1ncc[nH]1. The molecule has 1 aliphatic rings. The van der Waals surface area contributed by atoms with Gasteiger partial charge in [-0.2, -0.15) is 0 Å². The van der Waals surface area contributed by atoms with Gasteiger partial charge in [-0.25, -0.2) is 4.98 Å². The summed E-state index contributed by atoms with van der Waals surface area (Å²) in [6, 6.07) is 9.22. The topological polar surface area (TPSA) is 40.7 Å². The zero-order chi connectivity index (χ0) is 13.1. The largest absolute Gasteiger partial charge is 0.340 e. The first-order valence-corrected chi connectivity index (χ1v) is 7.73.